The van der Waals surface area contributed by atoms with Crippen molar-refractivity contribution in [2.24, 2.45) is 0 Å². The van der Waals surface area contributed by atoms with E-state index >= 15 is 0 Å². The van der Waals surface area contributed by atoms with Crippen LogP contribution in [-0.4, -0.2) is 10.2 Å². The van der Waals surface area contributed by atoms with Crippen LogP contribution >= 0.6 is 0 Å². The fraction of sp³-hybridized carbons (Fsp3) is 0. The van der Waals surface area contributed by atoms with Crippen molar-refractivity contribution >= 4 is 0 Å². The summed E-state index contributed by atoms with van der Waals surface area (Å²) >= 11 is -0.190. The van der Waals surface area contributed by atoms with Crippen molar-refractivity contribution in [3.8, 4) is 11.5 Å². The summed E-state index contributed by atoms with van der Waals surface area (Å²) in [6.07, 6.45) is 0. The van der Waals surface area contributed by atoms with Gasteiger partial charge in [-0.1, -0.05) is 36.4 Å². The Labute approximate surface area is 186 Å². The first kappa shape index (κ1) is 20.7. The Balaban J connectivity index is 0.000000162. The second-order valence-electron chi connectivity index (χ2n) is 5.73. The highest BCUT2D eigenvalue weighted by Gasteiger charge is 2.15. The van der Waals surface area contributed by atoms with Gasteiger partial charge in [-0.15, -0.1) is 0 Å². The SMILES string of the molecule is Oc1ccc([I+]c2ccc(O)cc2)cc1.c1ccc([I+]c2ccccc2)cc1. The van der Waals surface area contributed by atoms with Gasteiger partial charge in [0.1, 0.15) is 11.5 Å². The van der Waals surface area contributed by atoms with Crippen molar-refractivity contribution in [2.45, 2.75) is 0 Å². The van der Waals surface area contributed by atoms with Crippen LogP contribution in [0.15, 0.2) is 109 Å². The van der Waals surface area contributed by atoms with Gasteiger partial charge in [-0.2, -0.15) is 0 Å². The molecule has 0 aliphatic carbocycles. The summed E-state index contributed by atoms with van der Waals surface area (Å²) in [5, 5.41) is 18.3. The molecule has 28 heavy (non-hydrogen) atoms. The Morgan fingerprint density at radius 3 is 0.964 bits per heavy atom. The number of phenols is 2. The molecule has 0 spiro atoms. The number of rotatable bonds is 4. The van der Waals surface area contributed by atoms with Crippen LogP contribution in [0, 0.1) is 14.3 Å². The monoisotopic (exact) mass is 594 g/mol. The molecule has 140 valence electrons. The Bertz CT molecular complexity index is 874. The zero-order valence-electron chi connectivity index (χ0n) is 15.0. The van der Waals surface area contributed by atoms with Crippen LogP contribution in [0.3, 0.4) is 0 Å². The van der Waals surface area contributed by atoms with Gasteiger partial charge in [0, 0.05) is 0 Å². The van der Waals surface area contributed by atoms with Crippen LogP contribution in [0.25, 0.3) is 0 Å². The highest BCUT2D eigenvalue weighted by Crippen LogP contribution is 2.05. The van der Waals surface area contributed by atoms with Gasteiger partial charge in [-0.25, -0.2) is 0 Å². The van der Waals surface area contributed by atoms with Crippen molar-refractivity contribution in [1.82, 2.24) is 0 Å². The Morgan fingerprint density at radius 2 is 0.643 bits per heavy atom. The van der Waals surface area contributed by atoms with E-state index in [1.54, 1.807) is 24.3 Å². The van der Waals surface area contributed by atoms with Crippen molar-refractivity contribution in [3.63, 3.8) is 0 Å². The van der Waals surface area contributed by atoms with E-state index in [1.165, 1.54) is 14.3 Å². The minimum absolute atomic E-state index is 0.0287. The summed E-state index contributed by atoms with van der Waals surface area (Å²) in [4.78, 5) is 0. The van der Waals surface area contributed by atoms with E-state index in [1.807, 2.05) is 24.3 Å². The lowest BCUT2D eigenvalue weighted by atomic mass is 10.3. The Kier molecular flexibility index (Phi) is 8.17. The number of aromatic hydroxyl groups is 2. The molecule has 0 aromatic heterocycles. The summed E-state index contributed by atoms with van der Waals surface area (Å²) in [7, 11) is 0. The standard InChI is InChI=1S/C12H9IO2.C12H10I/c14-11-5-1-9(2-6-11)13-10-3-7-12(15)8-4-10;1-3-7-11(8-4-1)13-12-9-5-2-6-10-12/h1-8H,(H-,14,15);1-10H/q;+1/p+1. The van der Waals surface area contributed by atoms with Crippen molar-refractivity contribution in [3.05, 3.63) is 123 Å². The van der Waals surface area contributed by atoms with E-state index in [9.17, 15) is 0 Å². The lowest BCUT2D eigenvalue weighted by molar-refractivity contribution is -0.597. The van der Waals surface area contributed by atoms with Gasteiger partial charge in [0.15, 0.2) is 14.3 Å². The fourth-order valence-corrected chi connectivity index (χ4v) is 6.64. The largest absolute Gasteiger partial charge is 0.508 e. The average Bonchev–Trinajstić information content (AvgIpc) is 2.73. The summed E-state index contributed by atoms with van der Waals surface area (Å²) in [5.74, 6) is 0.599. The number of phenolic OH excluding ortho intramolecular Hbond substituents is 2. The first-order chi connectivity index (χ1) is 13.7. The topological polar surface area (TPSA) is 40.5 Å². The maximum absolute atomic E-state index is 9.14. The van der Waals surface area contributed by atoms with E-state index < -0.39 is 0 Å². The minimum Gasteiger partial charge on any atom is -0.508 e. The molecule has 0 saturated carbocycles. The molecular formula is C24H20I2O2+2. The molecule has 0 unspecified atom stereocenters. The minimum atomic E-state index is -0.219. The smallest absolute Gasteiger partial charge is 0.357 e. The van der Waals surface area contributed by atoms with E-state index in [4.69, 9.17) is 10.2 Å². The van der Waals surface area contributed by atoms with Gasteiger partial charge >= 0.3 is 42.4 Å². The van der Waals surface area contributed by atoms with Gasteiger partial charge < -0.3 is 10.2 Å². The van der Waals surface area contributed by atoms with Crippen LogP contribution < -0.4 is 42.4 Å². The quantitative estimate of drug-likeness (QED) is 0.300. The summed E-state index contributed by atoms with van der Waals surface area (Å²) in [6.45, 7) is 0. The van der Waals surface area contributed by atoms with Crippen molar-refractivity contribution in [1.29, 1.82) is 0 Å². The highest BCUT2D eigenvalue weighted by molar-refractivity contribution is 5.20. The van der Waals surface area contributed by atoms with Crippen LogP contribution in [0.5, 0.6) is 11.5 Å². The summed E-state index contributed by atoms with van der Waals surface area (Å²) in [6, 6.07) is 36.0. The number of benzene rings is 4. The molecule has 0 radical (unpaired) electrons. The van der Waals surface area contributed by atoms with E-state index in [0.29, 0.717) is 11.5 Å². The molecule has 0 bridgehead atoms. The molecule has 0 saturated heterocycles. The third-order valence-electron chi connectivity index (χ3n) is 3.56. The van der Waals surface area contributed by atoms with Crippen molar-refractivity contribution in [2.75, 3.05) is 0 Å². The lowest BCUT2D eigenvalue weighted by Gasteiger charge is -1.90. The maximum Gasteiger partial charge on any atom is 0.357 e. The van der Waals surface area contributed by atoms with Gasteiger partial charge in [-0.3, -0.25) is 0 Å². The maximum atomic E-state index is 9.14. The highest BCUT2D eigenvalue weighted by atomic mass is 127. The van der Waals surface area contributed by atoms with Gasteiger partial charge in [-0.05, 0) is 72.8 Å². The van der Waals surface area contributed by atoms with Crippen molar-refractivity contribution < 1.29 is 52.6 Å². The predicted molar refractivity (Wildman–Crippen MR) is 104 cm³/mol. The second-order valence-corrected chi connectivity index (χ2v) is 11.8. The first-order valence-electron chi connectivity index (χ1n) is 8.67. The first-order valence-corrected chi connectivity index (χ1v) is 13.0. The van der Waals surface area contributed by atoms with Crippen LogP contribution in [0.1, 0.15) is 0 Å². The summed E-state index contributed by atoms with van der Waals surface area (Å²) in [5.41, 5.74) is 0. The van der Waals surface area contributed by atoms with Crippen LogP contribution in [0.4, 0.5) is 0 Å². The molecule has 2 nitrogen and oxygen atoms in total. The molecule has 4 rings (SSSR count). The predicted octanol–water partition coefficient (Wildman–Crippen LogP) is -0.959. The number of hydrogen-bond donors (Lipinski definition) is 2. The molecule has 4 aromatic rings. The van der Waals surface area contributed by atoms with E-state index in [0.717, 1.165) is 0 Å². The molecule has 0 heterocycles. The molecule has 0 atom stereocenters. The molecular weight excluding hydrogens is 574 g/mol. The molecule has 0 amide bonds. The Hall–Kier alpha value is -2.06. The summed E-state index contributed by atoms with van der Waals surface area (Å²) < 4.78 is 5.45. The van der Waals surface area contributed by atoms with Crippen LogP contribution in [0.2, 0.25) is 0 Å². The van der Waals surface area contributed by atoms with Gasteiger partial charge in [0.25, 0.3) is 0 Å². The molecule has 0 aliphatic rings. The fourth-order valence-electron chi connectivity index (χ4n) is 2.22. The second kappa shape index (κ2) is 11.1. The third kappa shape index (κ3) is 7.16. The molecule has 0 fully saturated rings. The number of halogens is 2. The van der Waals surface area contributed by atoms with Gasteiger partial charge in [0.05, 0.1) is 0 Å². The van der Waals surface area contributed by atoms with E-state index in [-0.39, 0.29) is 42.4 Å². The normalized spacial score (nSPS) is 10.0. The zero-order chi connectivity index (χ0) is 19.6. The zero-order valence-corrected chi connectivity index (χ0v) is 19.4. The molecule has 0 aliphatic heterocycles. The molecule has 4 heteroatoms. The van der Waals surface area contributed by atoms with E-state index in [2.05, 4.69) is 60.7 Å². The average molecular weight is 594 g/mol. The van der Waals surface area contributed by atoms with Crippen LogP contribution in [-0.2, 0) is 0 Å². The number of hydrogen-bond acceptors (Lipinski definition) is 2. The molecule has 2 N–H and O–H groups in total. The van der Waals surface area contributed by atoms with Gasteiger partial charge in [0.2, 0.25) is 0 Å². The third-order valence-corrected chi connectivity index (χ3v) is 8.92. The Morgan fingerprint density at radius 1 is 0.357 bits per heavy atom. The lowest BCUT2D eigenvalue weighted by Crippen LogP contribution is -3.61. The molecule has 4 aromatic carbocycles.